The third-order valence-electron chi connectivity index (χ3n) is 3.98. The van der Waals surface area contributed by atoms with Crippen molar-refractivity contribution in [3.8, 4) is 5.75 Å². The van der Waals surface area contributed by atoms with Crippen molar-refractivity contribution in [2.75, 3.05) is 31.1 Å². The summed E-state index contributed by atoms with van der Waals surface area (Å²) in [4.78, 5) is 20.0. The molecule has 1 aromatic carbocycles. The highest BCUT2D eigenvalue weighted by Gasteiger charge is 2.38. The molecule has 1 fully saturated rings. The number of carboxylic acid groups (broad SMARTS) is 1. The van der Waals surface area contributed by atoms with Crippen molar-refractivity contribution in [3.05, 3.63) is 24.5 Å². The van der Waals surface area contributed by atoms with E-state index < -0.39 is 12.1 Å². The maximum absolute atomic E-state index is 10.6. The van der Waals surface area contributed by atoms with Gasteiger partial charge in [-0.15, -0.1) is 0 Å². The van der Waals surface area contributed by atoms with Crippen molar-refractivity contribution in [2.24, 2.45) is 11.7 Å². The number of nitrogens with two attached hydrogens (primary N) is 1. The molecule has 0 atom stereocenters. The highest BCUT2D eigenvalue weighted by atomic mass is 19.4. The number of ether oxygens (including phenoxy) is 1. The number of fused-ring (bicyclic) bond motifs is 1. The minimum Gasteiger partial charge on any atom is -0.492 e. The topological polar surface area (TPSA) is 102 Å². The van der Waals surface area contributed by atoms with Gasteiger partial charge in [-0.05, 0) is 37.9 Å². The Labute approximate surface area is 154 Å². The van der Waals surface area contributed by atoms with Gasteiger partial charge < -0.3 is 20.5 Å². The molecule has 1 aromatic heterocycles. The van der Waals surface area contributed by atoms with Crippen molar-refractivity contribution in [3.63, 3.8) is 0 Å². The van der Waals surface area contributed by atoms with Crippen LogP contribution in [0.1, 0.15) is 13.3 Å². The van der Waals surface area contributed by atoms with Crippen molar-refractivity contribution in [1.29, 1.82) is 0 Å². The number of nitrogens with zero attached hydrogens (tertiary/aromatic N) is 3. The van der Waals surface area contributed by atoms with Gasteiger partial charge in [0.25, 0.3) is 0 Å². The van der Waals surface area contributed by atoms with Crippen LogP contribution in [-0.4, -0.2) is 53.5 Å². The Morgan fingerprint density at radius 2 is 2.04 bits per heavy atom. The fourth-order valence-electron chi connectivity index (χ4n) is 2.73. The molecule has 0 aliphatic carbocycles. The Morgan fingerprint density at radius 1 is 1.37 bits per heavy atom. The van der Waals surface area contributed by atoms with Crippen molar-refractivity contribution in [1.82, 2.24) is 9.97 Å². The molecular weight excluding hydrogens is 365 g/mol. The maximum Gasteiger partial charge on any atom is 0.490 e. The zero-order valence-electron chi connectivity index (χ0n) is 14.7. The molecule has 0 bridgehead atoms. The number of para-hydroxylation sites is 1. The van der Waals surface area contributed by atoms with E-state index in [9.17, 15) is 13.2 Å². The number of rotatable bonds is 5. The van der Waals surface area contributed by atoms with Gasteiger partial charge in [0.15, 0.2) is 0 Å². The van der Waals surface area contributed by atoms with Crippen LogP contribution in [0.15, 0.2) is 24.5 Å². The van der Waals surface area contributed by atoms with E-state index in [2.05, 4.69) is 20.9 Å². The van der Waals surface area contributed by atoms with E-state index in [1.54, 1.807) is 6.33 Å². The lowest BCUT2D eigenvalue weighted by Crippen LogP contribution is -2.48. The summed E-state index contributed by atoms with van der Waals surface area (Å²) in [7, 11) is 0. The fraction of sp³-hybridized carbons (Fsp3) is 0.471. The van der Waals surface area contributed by atoms with E-state index in [4.69, 9.17) is 20.4 Å². The summed E-state index contributed by atoms with van der Waals surface area (Å²) < 4.78 is 37.4. The Bertz CT molecular complexity index is 780. The molecule has 7 nitrogen and oxygen atoms in total. The van der Waals surface area contributed by atoms with Crippen LogP contribution in [0, 0.1) is 5.92 Å². The van der Waals surface area contributed by atoms with Gasteiger partial charge in [0, 0.05) is 18.5 Å². The Kier molecular flexibility index (Phi) is 6.78. The average molecular weight is 386 g/mol. The Hall–Kier alpha value is -2.62. The van der Waals surface area contributed by atoms with Gasteiger partial charge in [-0.1, -0.05) is 6.07 Å². The number of benzene rings is 1. The summed E-state index contributed by atoms with van der Waals surface area (Å²) in [5, 5.41) is 8.18. The number of anilines is 1. The number of hydrogen-bond acceptors (Lipinski definition) is 6. The second-order valence-corrected chi connectivity index (χ2v) is 5.93. The molecule has 0 unspecified atom stereocenters. The molecule has 2 heterocycles. The third kappa shape index (κ3) is 5.19. The van der Waals surface area contributed by atoms with Crippen LogP contribution in [0.3, 0.4) is 0 Å². The summed E-state index contributed by atoms with van der Waals surface area (Å²) in [5.41, 5.74) is 6.50. The van der Waals surface area contributed by atoms with Crippen LogP contribution in [0.2, 0.25) is 0 Å². The van der Waals surface area contributed by atoms with Gasteiger partial charge in [0.1, 0.15) is 23.4 Å². The number of halogens is 3. The lowest BCUT2D eigenvalue weighted by molar-refractivity contribution is -0.192. The van der Waals surface area contributed by atoms with Crippen LogP contribution in [0.4, 0.5) is 19.0 Å². The minimum absolute atomic E-state index is 0.640. The Morgan fingerprint density at radius 3 is 2.59 bits per heavy atom. The van der Waals surface area contributed by atoms with E-state index in [0.29, 0.717) is 12.5 Å². The smallest absolute Gasteiger partial charge is 0.490 e. The first-order chi connectivity index (χ1) is 12.8. The van der Waals surface area contributed by atoms with Crippen molar-refractivity contribution < 1.29 is 27.8 Å². The molecule has 148 valence electrons. The standard InChI is InChI=1S/C15H20N4O.C2HF3O2/c1-2-20-13-5-3-4-12-14(13)17-10-18-15(12)19-8-11(9-19)6-7-16;3-2(4,5)1(6)7/h3-5,10-11H,2,6-9,16H2,1H3;(H,6,7). The number of aliphatic carboxylic acids is 1. The molecule has 0 radical (unpaired) electrons. The molecule has 1 aliphatic rings. The summed E-state index contributed by atoms with van der Waals surface area (Å²) in [5.74, 6) is -0.231. The van der Waals surface area contributed by atoms with Crippen molar-refractivity contribution >= 4 is 22.7 Å². The lowest BCUT2D eigenvalue weighted by Gasteiger charge is -2.40. The second kappa shape index (κ2) is 8.85. The summed E-state index contributed by atoms with van der Waals surface area (Å²) in [6.45, 7) is 5.44. The van der Waals surface area contributed by atoms with Gasteiger partial charge in [-0.2, -0.15) is 13.2 Å². The molecule has 2 aromatic rings. The third-order valence-corrected chi connectivity index (χ3v) is 3.98. The molecule has 10 heteroatoms. The average Bonchev–Trinajstić information content (AvgIpc) is 2.58. The molecule has 0 amide bonds. The van der Waals surface area contributed by atoms with E-state index in [-0.39, 0.29) is 0 Å². The van der Waals surface area contributed by atoms with E-state index in [1.165, 1.54) is 0 Å². The molecule has 3 N–H and O–H groups in total. The number of alkyl halides is 3. The normalized spacial score (nSPS) is 14.3. The first kappa shape index (κ1) is 20.7. The maximum atomic E-state index is 10.6. The quantitative estimate of drug-likeness (QED) is 0.814. The molecule has 3 rings (SSSR count). The van der Waals surface area contributed by atoms with Crippen LogP contribution in [0.5, 0.6) is 5.75 Å². The highest BCUT2D eigenvalue weighted by Crippen LogP contribution is 2.33. The number of hydrogen-bond donors (Lipinski definition) is 2. The van der Waals surface area contributed by atoms with Gasteiger partial charge in [0.2, 0.25) is 0 Å². The predicted octanol–water partition coefficient (Wildman–Crippen LogP) is 2.45. The zero-order valence-corrected chi connectivity index (χ0v) is 14.7. The first-order valence-corrected chi connectivity index (χ1v) is 8.39. The van der Waals surface area contributed by atoms with Gasteiger partial charge >= 0.3 is 12.1 Å². The second-order valence-electron chi connectivity index (χ2n) is 5.93. The van der Waals surface area contributed by atoms with E-state index in [1.807, 2.05) is 19.1 Å². The lowest BCUT2D eigenvalue weighted by atomic mass is 9.96. The summed E-state index contributed by atoms with van der Waals surface area (Å²) in [6, 6.07) is 6.01. The van der Waals surface area contributed by atoms with E-state index in [0.717, 1.165) is 48.5 Å². The van der Waals surface area contributed by atoms with Crippen LogP contribution >= 0.6 is 0 Å². The largest absolute Gasteiger partial charge is 0.492 e. The SMILES string of the molecule is CCOc1cccc2c(N3CC(CCN)C3)ncnc12.O=C(O)C(F)(F)F. The van der Waals surface area contributed by atoms with Gasteiger partial charge in [-0.3, -0.25) is 0 Å². The molecule has 1 saturated heterocycles. The molecule has 0 spiro atoms. The van der Waals surface area contributed by atoms with Crippen LogP contribution in [0.25, 0.3) is 10.9 Å². The van der Waals surface area contributed by atoms with Gasteiger partial charge in [0.05, 0.1) is 6.61 Å². The van der Waals surface area contributed by atoms with Crippen LogP contribution < -0.4 is 15.4 Å². The van der Waals surface area contributed by atoms with Crippen LogP contribution in [-0.2, 0) is 4.79 Å². The van der Waals surface area contributed by atoms with Crippen molar-refractivity contribution in [2.45, 2.75) is 19.5 Å². The number of carboxylic acids is 1. The van der Waals surface area contributed by atoms with Gasteiger partial charge in [-0.25, -0.2) is 14.8 Å². The fourth-order valence-corrected chi connectivity index (χ4v) is 2.73. The minimum atomic E-state index is -5.08. The summed E-state index contributed by atoms with van der Waals surface area (Å²) in [6.07, 6.45) is -2.37. The zero-order chi connectivity index (χ0) is 20.0. The number of carbonyl (C=O) groups is 1. The molecule has 1 aliphatic heterocycles. The molecule has 0 saturated carbocycles. The highest BCUT2D eigenvalue weighted by molar-refractivity contribution is 5.93. The Balaban J connectivity index is 0.000000321. The predicted molar refractivity (Wildman–Crippen MR) is 93.8 cm³/mol. The van der Waals surface area contributed by atoms with E-state index >= 15 is 0 Å². The summed E-state index contributed by atoms with van der Waals surface area (Å²) >= 11 is 0. The molecular formula is C17H21F3N4O3. The number of aromatic nitrogens is 2. The molecule has 27 heavy (non-hydrogen) atoms. The monoisotopic (exact) mass is 386 g/mol. The first-order valence-electron chi connectivity index (χ1n) is 8.39.